The molecule has 1 fully saturated rings. The summed E-state index contributed by atoms with van der Waals surface area (Å²) in [6, 6.07) is 3.77. The van der Waals surface area contributed by atoms with Gasteiger partial charge >= 0.3 is 0 Å². The normalized spacial score (nSPS) is 22.3. The smallest absolute Gasteiger partial charge is 0.223 e. The summed E-state index contributed by atoms with van der Waals surface area (Å²) in [6.45, 7) is 0.477. The summed E-state index contributed by atoms with van der Waals surface area (Å²) in [5, 5.41) is 2.67. The van der Waals surface area contributed by atoms with Gasteiger partial charge in [-0.1, -0.05) is 6.07 Å². The maximum absolute atomic E-state index is 13.4. The lowest BCUT2D eigenvalue weighted by Crippen LogP contribution is -2.27. The molecule has 0 aliphatic heterocycles. The highest BCUT2D eigenvalue weighted by Gasteiger charge is 2.46. The highest BCUT2D eigenvalue weighted by atomic mass is 32.1. The fraction of sp³-hybridized carbons (Fsp3) is 0.417. The van der Waals surface area contributed by atoms with Gasteiger partial charge in [0, 0.05) is 29.7 Å². The van der Waals surface area contributed by atoms with Crippen LogP contribution in [0.15, 0.2) is 18.2 Å². The number of thiol groups is 1. The van der Waals surface area contributed by atoms with E-state index < -0.39 is 11.6 Å². The maximum Gasteiger partial charge on any atom is 0.223 e. The first kappa shape index (κ1) is 12.4. The van der Waals surface area contributed by atoms with Gasteiger partial charge in [0.05, 0.1) is 0 Å². The minimum atomic E-state index is -0.570. The Morgan fingerprint density at radius 2 is 2.06 bits per heavy atom. The van der Waals surface area contributed by atoms with Crippen LogP contribution in [0.25, 0.3) is 0 Å². The van der Waals surface area contributed by atoms with Crippen molar-refractivity contribution in [2.75, 3.05) is 12.3 Å². The van der Waals surface area contributed by atoms with Crippen molar-refractivity contribution in [1.82, 2.24) is 5.32 Å². The van der Waals surface area contributed by atoms with E-state index in [-0.39, 0.29) is 23.3 Å². The van der Waals surface area contributed by atoms with Crippen molar-refractivity contribution in [3.05, 3.63) is 35.4 Å². The zero-order valence-electron chi connectivity index (χ0n) is 9.12. The number of amides is 1. The summed E-state index contributed by atoms with van der Waals surface area (Å²) < 4.78 is 26.9. The number of halogens is 2. The third kappa shape index (κ3) is 2.60. The second kappa shape index (κ2) is 5.04. The van der Waals surface area contributed by atoms with Crippen LogP contribution in [0.1, 0.15) is 17.9 Å². The molecular formula is C12H13F2NOS. The summed E-state index contributed by atoms with van der Waals surface area (Å²) >= 11 is 3.97. The Balaban J connectivity index is 2.05. The Morgan fingerprint density at radius 1 is 1.41 bits per heavy atom. The van der Waals surface area contributed by atoms with Gasteiger partial charge in [-0.25, -0.2) is 8.78 Å². The molecular weight excluding hydrogens is 244 g/mol. The van der Waals surface area contributed by atoms with E-state index in [1.807, 2.05) is 0 Å². The third-order valence-electron chi connectivity index (χ3n) is 2.91. The molecule has 0 heterocycles. The molecule has 0 radical (unpaired) electrons. The second-order valence-corrected chi connectivity index (χ2v) is 4.55. The molecule has 0 spiro atoms. The first-order valence-corrected chi connectivity index (χ1v) is 6.11. The van der Waals surface area contributed by atoms with E-state index in [0.717, 1.165) is 0 Å². The summed E-state index contributed by atoms with van der Waals surface area (Å²) in [5.41, 5.74) is 0.0403. The van der Waals surface area contributed by atoms with Crippen molar-refractivity contribution >= 4 is 18.5 Å². The first-order chi connectivity index (χ1) is 8.15. The molecule has 1 N–H and O–H groups in total. The van der Waals surface area contributed by atoms with Crippen LogP contribution in [0.2, 0.25) is 0 Å². The number of hydrogen-bond acceptors (Lipinski definition) is 2. The molecule has 92 valence electrons. The lowest BCUT2D eigenvalue weighted by Gasteiger charge is -2.05. The lowest BCUT2D eigenvalue weighted by molar-refractivity contribution is -0.122. The predicted octanol–water partition coefficient (Wildman–Crippen LogP) is 2.11. The van der Waals surface area contributed by atoms with Crippen LogP contribution in [-0.4, -0.2) is 18.2 Å². The number of rotatable bonds is 4. The van der Waals surface area contributed by atoms with E-state index >= 15 is 0 Å². The van der Waals surface area contributed by atoms with Crippen LogP contribution in [0.4, 0.5) is 8.78 Å². The van der Waals surface area contributed by atoms with Crippen molar-refractivity contribution in [3.63, 3.8) is 0 Å². The van der Waals surface area contributed by atoms with Gasteiger partial charge < -0.3 is 5.32 Å². The highest BCUT2D eigenvalue weighted by molar-refractivity contribution is 7.80. The zero-order valence-corrected chi connectivity index (χ0v) is 10.0. The van der Waals surface area contributed by atoms with E-state index in [1.54, 1.807) is 0 Å². The van der Waals surface area contributed by atoms with Crippen LogP contribution >= 0.6 is 12.6 Å². The van der Waals surface area contributed by atoms with Gasteiger partial charge in [-0.3, -0.25) is 4.79 Å². The fourth-order valence-corrected chi connectivity index (χ4v) is 2.09. The lowest BCUT2D eigenvalue weighted by atomic mass is 10.1. The van der Waals surface area contributed by atoms with Gasteiger partial charge in [0.2, 0.25) is 5.91 Å². The Kier molecular flexibility index (Phi) is 3.66. The molecule has 1 aliphatic carbocycles. The molecule has 2 rings (SSSR count). The van der Waals surface area contributed by atoms with Gasteiger partial charge in [-0.15, -0.1) is 0 Å². The van der Waals surface area contributed by atoms with Crippen molar-refractivity contribution < 1.29 is 13.6 Å². The maximum atomic E-state index is 13.4. The molecule has 1 aliphatic rings. The van der Waals surface area contributed by atoms with Crippen molar-refractivity contribution in [2.24, 2.45) is 5.92 Å². The molecule has 1 saturated carbocycles. The summed E-state index contributed by atoms with van der Waals surface area (Å²) in [6.07, 6.45) is 0.510. The molecule has 5 heteroatoms. The minimum Gasteiger partial charge on any atom is -0.355 e. The Morgan fingerprint density at radius 3 is 2.65 bits per heavy atom. The van der Waals surface area contributed by atoms with Crippen LogP contribution in [0.5, 0.6) is 0 Å². The van der Waals surface area contributed by atoms with Crippen LogP contribution in [-0.2, 0) is 4.79 Å². The molecule has 2 atom stereocenters. The van der Waals surface area contributed by atoms with Gasteiger partial charge in [0.15, 0.2) is 0 Å². The van der Waals surface area contributed by atoms with Crippen LogP contribution < -0.4 is 5.32 Å². The van der Waals surface area contributed by atoms with Gasteiger partial charge in [0.25, 0.3) is 0 Å². The molecule has 0 aromatic heterocycles. The summed E-state index contributed by atoms with van der Waals surface area (Å²) in [5.74, 6) is -1.36. The third-order valence-corrected chi connectivity index (χ3v) is 3.13. The molecule has 0 saturated heterocycles. The number of carbonyl (C=O) groups is 1. The average Bonchev–Trinajstić information content (AvgIpc) is 3.06. The summed E-state index contributed by atoms with van der Waals surface area (Å²) in [4.78, 5) is 11.6. The molecule has 2 nitrogen and oxygen atoms in total. The largest absolute Gasteiger partial charge is 0.355 e. The summed E-state index contributed by atoms with van der Waals surface area (Å²) in [7, 11) is 0. The predicted molar refractivity (Wildman–Crippen MR) is 64.1 cm³/mol. The molecule has 1 aromatic rings. The van der Waals surface area contributed by atoms with Gasteiger partial charge in [-0.2, -0.15) is 12.6 Å². The van der Waals surface area contributed by atoms with E-state index in [0.29, 0.717) is 18.7 Å². The quantitative estimate of drug-likeness (QED) is 0.795. The number of nitrogens with one attached hydrogen (secondary N) is 1. The van der Waals surface area contributed by atoms with E-state index in [2.05, 4.69) is 17.9 Å². The number of benzene rings is 1. The van der Waals surface area contributed by atoms with Crippen LogP contribution in [0.3, 0.4) is 0 Å². The Labute approximate surface area is 104 Å². The van der Waals surface area contributed by atoms with Crippen molar-refractivity contribution in [1.29, 1.82) is 0 Å². The van der Waals surface area contributed by atoms with Crippen LogP contribution in [0, 0.1) is 17.6 Å². The molecule has 17 heavy (non-hydrogen) atoms. The zero-order chi connectivity index (χ0) is 12.4. The standard InChI is InChI=1S/C12H13F2NOS/c13-9-2-1-3-10(14)11(9)7-6-8(7)12(16)15-4-5-17/h1-3,7-8,17H,4-6H2,(H,15,16). The fourth-order valence-electron chi connectivity index (χ4n) is 1.98. The van der Waals surface area contributed by atoms with E-state index in [1.165, 1.54) is 18.2 Å². The van der Waals surface area contributed by atoms with Crippen molar-refractivity contribution in [3.8, 4) is 0 Å². The molecule has 0 bridgehead atoms. The molecule has 1 amide bonds. The highest BCUT2D eigenvalue weighted by Crippen LogP contribution is 2.49. The average molecular weight is 257 g/mol. The first-order valence-electron chi connectivity index (χ1n) is 5.47. The minimum absolute atomic E-state index is 0.0403. The van der Waals surface area contributed by atoms with Gasteiger partial charge in [-0.05, 0) is 18.6 Å². The SMILES string of the molecule is O=C(NCCS)C1CC1c1c(F)cccc1F. The van der Waals surface area contributed by atoms with Gasteiger partial charge in [0.1, 0.15) is 11.6 Å². The van der Waals surface area contributed by atoms with E-state index in [9.17, 15) is 13.6 Å². The second-order valence-electron chi connectivity index (χ2n) is 4.10. The topological polar surface area (TPSA) is 29.1 Å². The number of hydrogen-bond donors (Lipinski definition) is 2. The Bertz CT molecular complexity index is 418. The van der Waals surface area contributed by atoms with E-state index in [4.69, 9.17) is 0 Å². The number of carbonyl (C=O) groups excluding carboxylic acids is 1. The van der Waals surface area contributed by atoms with Crippen molar-refractivity contribution in [2.45, 2.75) is 12.3 Å². The molecule has 1 aromatic carbocycles. The molecule has 2 unspecified atom stereocenters. The Hall–Kier alpha value is -1.10. The monoisotopic (exact) mass is 257 g/mol.